The van der Waals surface area contributed by atoms with Gasteiger partial charge in [-0.05, 0) is 64.2 Å². The summed E-state index contributed by atoms with van der Waals surface area (Å²) in [6.45, 7) is 16.0. The van der Waals surface area contributed by atoms with Gasteiger partial charge in [0.2, 0.25) is 11.8 Å². The minimum atomic E-state index is -0.618. The molecule has 0 aliphatic heterocycles. The quantitative estimate of drug-likeness (QED) is 0.293. The maximum Gasteiger partial charge on any atom is 0.242 e. The van der Waals surface area contributed by atoms with Gasteiger partial charge in [-0.15, -0.1) is 0 Å². The second-order valence-electron chi connectivity index (χ2n) is 8.29. The summed E-state index contributed by atoms with van der Waals surface area (Å²) in [5.74, 6) is -0.335. The molecular formula is C23H46N4O3. The third kappa shape index (κ3) is 12.3. The van der Waals surface area contributed by atoms with Crippen molar-refractivity contribution in [3.05, 3.63) is 0 Å². The molecule has 0 aliphatic rings. The maximum absolute atomic E-state index is 12.8. The predicted octanol–water partition coefficient (Wildman–Crippen LogP) is 2.49. The Morgan fingerprint density at radius 1 is 0.867 bits per heavy atom. The number of nitrogens with one attached hydrogen (secondary N) is 3. The Bertz CT molecular complexity index is 491. The van der Waals surface area contributed by atoms with Crippen molar-refractivity contribution in [1.82, 2.24) is 20.9 Å². The Labute approximate surface area is 184 Å². The third-order valence-electron chi connectivity index (χ3n) is 5.16. The van der Waals surface area contributed by atoms with E-state index in [1.165, 1.54) is 0 Å². The zero-order chi connectivity index (χ0) is 22.9. The van der Waals surface area contributed by atoms with Crippen LogP contribution in [0.2, 0.25) is 0 Å². The number of hydrogen-bond donors (Lipinski definition) is 3. The Balaban J connectivity index is 4.91. The predicted molar refractivity (Wildman–Crippen MR) is 123 cm³/mol. The highest BCUT2D eigenvalue weighted by molar-refractivity contribution is 5.92. The van der Waals surface area contributed by atoms with Crippen LogP contribution in [0.1, 0.15) is 80.1 Å². The fourth-order valence-corrected chi connectivity index (χ4v) is 3.47. The minimum Gasteiger partial charge on any atom is -0.347 e. The Morgan fingerprint density at radius 3 is 2.00 bits per heavy atom. The summed E-state index contributed by atoms with van der Waals surface area (Å²) >= 11 is 0. The number of amides is 2. The summed E-state index contributed by atoms with van der Waals surface area (Å²) in [6, 6.07) is -0.958. The van der Waals surface area contributed by atoms with E-state index in [9.17, 15) is 14.4 Å². The first-order valence-corrected chi connectivity index (χ1v) is 11.9. The first-order valence-electron chi connectivity index (χ1n) is 11.9. The average molecular weight is 427 g/mol. The van der Waals surface area contributed by atoms with Crippen molar-refractivity contribution in [2.24, 2.45) is 5.92 Å². The Morgan fingerprint density at radius 2 is 1.50 bits per heavy atom. The number of ketones is 1. The number of likely N-dealkylation sites (N-methyl/N-ethyl adjacent to an activating group) is 1. The number of hydrogen-bond acceptors (Lipinski definition) is 5. The molecule has 0 radical (unpaired) electrons. The first-order chi connectivity index (χ1) is 14.3. The van der Waals surface area contributed by atoms with Gasteiger partial charge in [-0.2, -0.15) is 0 Å². The van der Waals surface area contributed by atoms with Gasteiger partial charge < -0.3 is 20.9 Å². The summed E-state index contributed by atoms with van der Waals surface area (Å²) in [5, 5.41) is 8.81. The van der Waals surface area contributed by atoms with E-state index in [1.54, 1.807) is 6.92 Å². The number of carbonyl (C=O) groups excluding carboxylic acids is 3. The Kier molecular flexibility index (Phi) is 16.4. The van der Waals surface area contributed by atoms with Crippen LogP contribution in [0.5, 0.6) is 0 Å². The van der Waals surface area contributed by atoms with Gasteiger partial charge in [-0.1, -0.05) is 41.5 Å². The summed E-state index contributed by atoms with van der Waals surface area (Å²) in [7, 11) is 0. The van der Waals surface area contributed by atoms with Crippen LogP contribution in [0.25, 0.3) is 0 Å². The number of Topliss-reactive ketones (excluding diaryl/α,β-unsaturated/α-hetero) is 1. The number of nitrogens with zero attached hydrogens (tertiary/aromatic N) is 1. The molecule has 0 aromatic rings. The molecule has 0 fully saturated rings. The van der Waals surface area contributed by atoms with Gasteiger partial charge in [0.1, 0.15) is 6.04 Å². The van der Waals surface area contributed by atoms with Gasteiger partial charge in [0.25, 0.3) is 0 Å². The largest absolute Gasteiger partial charge is 0.347 e. The van der Waals surface area contributed by atoms with Gasteiger partial charge in [0.15, 0.2) is 5.78 Å². The molecule has 7 nitrogen and oxygen atoms in total. The highest BCUT2D eigenvalue weighted by Crippen LogP contribution is 2.07. The molecule has 0 saturated carbocycles. The fourth-order valence-electron chi connectivity index (χ4n) is 3.47. The zero-order valence-corrected chi connectivity index (χ0v) is 20.2. The van der Waals surface area contributed by atoms with E-state index >= 15 is 0 Å². The molecule has 7 heteroatoms. The second kappa shape index (κ2) is 17.2. The van der Waals surface area contributed by atoms with Crippen LogP contribution in [0.3, 0.4) is 0 Å². The van der Waals surface area contributed by atoms with Gasteiger partial charge in [-0.3, -0.25) is 14.4 Å². The van der Waals surface area contributed by atoms with Crippen molar-refractivity contribution in [1.29, 1.82) is 0 Å². The molecule has 2 amide bonds. The molecule has 3 N–H and O–H groups in total. The lowest BCUT2D eigenvalue weighted by atomic mass is 10.0. The third-order valence-corrected chi connectivity index (χ3v) is 5.16. The van der Waals surface area contributed by atoms with E-state index in [0.29, 0.717) is 19.4 Å². The lowest BCUT2D eigenvalue weighted by Gasteiger charge is -2.25. The van der Waals surface area contributed by atoms with Crippen molar-refractivity contribution in [3.63, 3.8) is 0 Å². The van der Waals surface area contributed by atoms with E-state index in [-0.39, 0.29) is 36.1 Å². The number of unbranched alkanes of at least 4 members (excludes halogenated alkanes) is 1. The van der Waals surface area contributed by atoms with E-state index in [4.69, 9.17) is 0 Å². The smallest absolute Gasteiger partial charge is 0.242 e. The van der Waals surface area contributed by atoms with Crippen molar-refractivity contribution in [3.8, 4) is 0 Å². The van der Waals surface area contributed by atoms with Crippen molar-refractivity contribution in [2.45, 2.75) is 92.2 Å². The minimum absolute atomic E-state index is 0.0172. The molecule has 0 aliphatic carbocycles. The highest BCUT2D eigenvalue weighted by atomic mass is 16.2. The van der Waals surface area contributed by atoms with Gasteiger partial charge >= 0.3 is 0 Å². The molecule has 176 valence electrons. The SMILES string of the molecule is CCCN(CCC)CCCC[C@H](NC(=O)[C@@H](NCC)C(C)C)C(=O)NCC(=O)CC. The summed E-state index contributed by atoms with van der Waals surface area (Å²) < 4.78 is 0. The first kappa shape index (κ1) is 28.5. The van der Waals surface area contributed by atoms with Gasteiger partial charge in [-0.25, -0.2) is 0 Å². The van der Waals surface area contributed by atoms with Crippen LogP contribution in [-0.4, -0.2) is 67.3 Å². The topological polar surface area (TPSA) is 90.5 Å². The summed E-state index contributed by atoms with van der Waals surface area (Å²) in [6.07, 6.45) is 5.05. The van der Waals surface area contributed by atoms with Gasteiger partial charge in [0, 0.05) is 6.42 Å². The normalized spacial score (nSPS) is 13.3. The average Bonchev–Trinajstić information content (AvgIpc) is 2.71. The van der Waals surface area contributed by atoms with E-state index in [2.05, 4.69) is 34.7 Å². The van der Waals surface area contributed by atoms with Crippen LogP contribution in [0.4, 0.5) is 0 Å². The summed E-state index contributed by atoms with van der Waals surface area (Å²) in [5.41, 5.74) is 0. The van der Waals surface area contributed by atoms with Crippen LogP contribution in [0.15, 0.2) is 0 Å². The van der Waals surface area contributed by atoms with E-state index < -0.39 is 6.04 Å². The number of carbonyl (C=O) groups is 3. The lowest BCUT2D eigenvalue weighted by Crippen LogP contribution is -2.54. The molecule has 0 aromatic heterocycles. The van der Waals surface area contributed by atoms with Crippen molar-refractivity contribution < 1.29 is 14.4 Å². The highest BCUT2D eigenvalue weighted by Gasteiger charge is 2.26. The van der Waals surface area contributed by atoms with Crippen LogP contribution >= 0.6 is 0 Å². The fraction of sp³-hybridized carbons (Fsp3) is 0.870. The number of rotatable bonds is 18. The molecule has 0 heterocycles. The lowest BCUT2D eigenvalue weighted by molar-refractivity contribution is -0.131. The summed E-state index contributed by atoms with van der Waals surface area (Å²) in [4.78, 5) is 39.5. The molecule has 0 saturated heterocycles. The van der Waals surface area contributed by atoms with E-state index in [1.807, 2.05) is 20.8 Å². The molecule has 0 bridgehead atoms. The molecular weight excluding hydrogens is 380 g/mol. The monoisotopic (exact) mass is 426 g/mol. The van der Waals surface area contributed by atoms with Crippen LogP contribution in [-0.2, 0) is 14.4 Å². The Hall–Kier alpha value is -1.47. The zero-order valence-electron chi connectivity index (χ0n) is 20.2. The maximum atomic E-state index is 12.8. The van der Waals surface area contributed by atoms with Gasteiger partial charge in [0.05, 0.1) is 12.6 Å². The molecule has 0 unspecified atom stereocenters. The van der Waals surface area contributed by atoms with Crippen LogP contribution < -0.4 is 16.0 Å². The molecule has 0 spiro atoms. The molecule has 0 aromatic carbocycles. The van der Waals surface area contributed by atoms with Crippen molar-refractivity contribution >= 4 is 17.6 Å². The van der Waals surface area contributed by atoms with Crippen molar-refractivity contribution in [2.75, 3.05) is 32.7 Å². The molecule has 2 atom stereocenters. The molecule has 0 rings (SSSR count). The second-order valence-corrected chi connectivity index (χ2v) is 8.29. The standard InChI is InChI=1S/C23H46N4O3/c1-7-14-27(15-8-2)16-12-11-13-20(22(29)25-17-19(28)9-3)26-23(30)21(18(5)6)24-10-4/h18,20-21,24H,7-17H2,1-6H3,(H,25,29)(H,26,30)/t20-,21-/m0/s1. The molecule has 30 heavy (non-hydrogen) atoms. The van der Waals surface area contributed by atoms with Crippen LogP contribution in [0, 0.1) is 5.92 Å². The van der Waals surface area contributed by atoms with E-state index in [0.717, 1.165) is 45.3 Å².